The first-order valence-electron chi connectivity index (χ1n) is 9.65. The fraction of sp³-hybridized carbons (Fsp3) is 0.182. The van der Waals surface area contributed by atoms with E-state index >= 15 is 0 Å². The Labute approximate surface area is 189 Å². The highest BCUT2D eigenvalue weighted by molar-refractivity contribution is 7.89. The second-order valence-corrected chi connectivity index (χ2v) is 9.90. The van der Waals surface area contributed by atoms with Gasteiger partial charge in [-0.15, -0.1) is 13.2 Å². The molecule has 0 unspecified atom stereocenters. The SMILES string of the molecule is C=CCN(CC=C)S(=O)(=O)c1ccc(C(=O)N=c2sc3cc4c(cc3n2C)OCO4)cc1. The number of rotatable bonds is 7. The summed E-state index contributed by atoms with van der Waals surface area (Å²) >= 11 is 1.35. The molecule has 0 atom stereocenters. The van der Waals surface area contributed by atoms with E-state index in [0.29, 0.717) is 16.3 Å². The number of fused-ring (bicyclic) bond motifs is 2. The number of sulfonamides is 1. The van der Waals surface area contributed by atoms with Gasteiger partial charge in [-0.2, -0.15) is 9.30 Å². The maximum absolute atomic E-state index is 12.8. The Hall–Kier alpha value is -3.21. The Morgan fingerprint density at radius 1 is 1.16 bits per heavy atom. The van der Waals surface area contributed by atoms with Crippen molar-refractivity contribution >= 4 is 37.5 Å². The molecule has 32 heavy (non-hydrogen) atoms. The van der Waals surface area contributed by atoms with Gasteiger partial charge in [0.2, 0.25) is 16.8 Å². The van der Waals surface area contributed by atoms with Crippen LogP contribution in [0.4, 0.5) is 0 Å². The highest BCUT2D eigenvalue weighted by atomic mass is 32.2. The summed E-state index contributed by atoms with van der Waals surface area (Å²) < 4.78 is 40.4. The monoisotopic (exact) mass is 471 g/mol. The number of carbonyl (C=O) groups is 1. The molecule has 2 aromatic carbocycles. The van der Waals surface area contributed by atoms with E-state index < -0.39 is 15.9 Å². The number of aromatic nitrogens is 1. The molecule has 0 radical (unpaired) electrons. The Bertz CT molecular complexity index is 1380. The molecule has 8 nitrogen and oxygen atoms in total. The summed E-state index contributed by atoms with van der Waals surface area (Å²) in [5.74, 6) is 0.851. The van der Waals surface area contributed by atoms with Gasteiger partial charge in [0, 0.05) is 37.8 Å². The molecule has 0 saturated carbocycles. The molecule has 0 bridgehead atoms. The molecule has 10 heteroatoms. The van der Waals surface area contributed by atoms with Crippen LogP contribution in [0, 0.1) is 0 Å². The molecule has 1 aliphatic rings. The van der Waals surface area contributed by atoms with Crippen LogP contribution in [0.1, 0.15) is 10.4 Å². The average molecular weight is 472 g/mol. The van der Waals surface area contributed by atoms with Gasteiger partial charge < -0.3 is 14.0 Å². The van der Waals surface area contributed by atoms with Crippen LogP contribution in [0.5, 0.6) is 11.5 Å². The predicted molar refractivity (Wildman–Crippen MR) is 122 cm³/mol. The van der Waals surface area contributed by atoms with Crippen LogP contribution in [-0.2, 0) is 17.1 Å². The van der Waals surface area contributed by atoms with E-state index in [-0.39, 0.29) is 30.3 Å². The quantitative estimate of drug-likeness (QED) is 0.494. The number of hydrogen-bond donors (Lipinski definition) is 0. The Kier molecular flexibility index (Phi) is 6.00. The van der Waals surface area contributed by atoms with Gasteiger partial charge in [-0.3, -0.25) is 4.79 Å². The molecule has 0 saturated heterocycles. The number of thiazole rings is 1. The first-order valence-corrected chi connectivity index (χ1v) is 11.9. The summed E-state index contributed by atoms with van der Waals surface area (Å²) in [6.07, 6.45) is 3.02. The minimum absolute atomic E-state index is 0.0830. The van der Waals surface area contributed by atoms with Crippen molar-refractivity contribution in [3.05, 3.63) is 72.1 Å². The van der Waals surface area contributed by atoms with Gasteiger partial charge in [0.1, 0.15) is 0 Å². The molecule has 1 amide bonds. The molecule has 4 rings (SSSR count). The molecule has 2 heterocycles. The smallest absolute Gasteiger partial charge is 0.279 e. The zero-order valence-electron chi connectivity index (χ0n) is 17.4. The average Bonchev–Trinajstić information content (AvgIpc) is 3.36. The van der Waals surface area contributed by atoms with E-state index in [2.05, 4.69) is 18.2 Å². The van der Waals surface area contributed by atoms with E-state index in [4.69, 9.17) is 9.47 Å². The number of ether oxygens (including phenoxy) is 2. The number of benzene rings is 2. The van der Waals surface area contributed by atoms with Crippen molar-refractivity contribution in [1.29, 1.82) is 0 Å². The van der Waals surface area contributed by atoms with Crippen molar-refractivity contribution in [3.63, 3.8) is 0 Å². The number of hydrogen-bond acceptors (Lipinski definition) is 6. The van der Waals surface area contributed by atoms with E-state index in [0.717, 1.165) is 10.2 Å². The minimum atomic E-state index is -3.73. The Balaban J connectivity index is 1.63. The van der Waals surface area contributed by atoms with Gasteiger partial charge in [-0.1, -0.05) is 23.5 Å². The van der Waals surface area contributed by atoms with Crippen LogP contribution < -0.4 is 14.3 Å². The highest BCUT2D eigenvalue weighted by Gasteiger charge is 2.23. The normalized spacial score (nSPS) is 13.6. The minimum Gasteiger partial charge on any atom is -0.454 e. The van der Waals surface area contributed by atoms with Crippen LogP contribution in [0.25, 0.3) is 10.2 Å². The van der Waals surface area contributed by atoms with E-state index in [9.17, 15) is 13.2 Å². The highest BCUT2D eigenvalue weighted by Crippen LogP contribution is 2.36. The van der Waals surface area contributed by atoms with Crippen LogP contribution >= 0.6 is 11.3 Å². The molecule has 166 valence electrons. The lowest BCUT2D eigenvalue weighted by Crippen LogP contribution is -2.31. The summed E-state index contributed by atoms with van der Waals surface area (Å²) in [7, 11) is -1.92. The van der Waals surface area contributed by atoms with Gasteiger partial charge in [0.25, 0.3) is 5.91 Å². The van der Waals surface area contributed by atoms with Crippen molar-refractivity contribution in [2.45, 2.75) is 4.90 Å². The Morgan fingerprint density at radius 2 is 1.78 bits per heavy atom. The molecule has 0 N–H and O–H groups in total. The number of carbonyl (C=O) groups excluding carboxylic acids is 1. The van der Waals surface area contributed by atoms with Crippen molar-refractivity contribution in [2.24, 2.45) is 12.0 Å². The lowest BCUT2D eigenvalue weighted by atomic mass is 10.2. The fourth-order valence-electron chi connectivity index (χ4n) is 3.25. The van der Waals surface area contributed by atoms with E-state index in [1.807, 2.05) is 19.2 Å². The van der Waals surface area contributed by atoms with Gasteiger partial charge in [0.15, 0.2) is 16.3 Å². The zero-order chi connectivity index (χ0) is 22.9. The third-order valence-corrected chi connectivity index (χ3v) is 7.85. The van der Waals surface area contributed by atoms with Crippen molar-refractivity contribution < 1.29 is 22.7 Å². The van der Waals surface area contributed by atoms with Gasteiger partial charge in [-0.05, 0) is 24.3 Å². The van der Waals surface area contributed by atoms with Crippen LogP contribution in [-0.4, -0.2) is 43.1 Å². The molecule has 1 aliphatic heterocycles. The molecule has 0 spiro atoms. The zero-order valence-corrected chi connectivity index (χ0v) is 19.0. The lowest BCUT2D eigenvalue weighted by Gasteiger charge is -2.19. The van der Waals surface area contributed by atoms with Gasteiger partial charge in [-0.25, -0.2) is 8.42 Å². The largest absolute Gasteiger partial charge is 0.454 e. The van der Waals surface area contributed by atoms with Gasteiger partial charge in [0.05, 0.1) is 15.1 Å². The molecular formula is C22H21N3O5S2. The third kappa shape index (κ3) is 3.99. The summed E-state index contributed by atoms with van der Waals surface area (Å²) in [5.41, 5.74) is 1.16. The molecule has 1 aromatic heterocycles. The van der Waals surface area contributed by atoms with Gasteiger partial charge >= 0.3 is 0 Å². The maximum atomic E-state index is 12.8. The van der Waals surface area contributed by atoms with Crippen molar-refractivity contribution in [3.8, 4) is 11.5 Å². The molecule has 0 aliphatic carbocycles. The molecule has 3 aromatic rings. The van der Waals surface area contributed by atoms with Crippen LogP contribution in [0.15, 0.2) is 71.6 Å². The second kappa shape index (κ2) is 8.73. The first kappa shape index (κ1) is 22.0. The maximum Gasteiger partial charge on any atom is 0.279 e. The number of amides is 1. The predicted octanol–water partition coefficient (Wildman–Crippen LogP) is 3.07. The summed E-state index contributed by atoms with van der Waals surface area (Å²) in [5, 5.41) is 0. The fourth-order valence-corrected chi connectivity index (χ4v) is 5.66. The molecular weight excluding hydrogens is 450 g/mol. The standard InChI is InChI=1S/C22H21N3O5S2/c1-4-10-25(11-5-2)32(27,28)16-8-6-15(7-9-16)21(26)23-22-24(3)17-12-18-19(30-14-29-18)13-20(17)31-22/h4-9,12-13H,1-2,10-11,14H2,3H3. The summed E-state index contributed by atoms with van der Waals surface area (Å²) in [4.78, 5) is 17.6. The summed E-state index contributed by atoms with van der Waals surface area (Å²) in [6, 6.07) is 9.45. The Morgan fingerprint density at radius 3 is 2.41 bits per heavy atom. The van der Waals surface area contributed by atoms with Crippen LogP contribution in [0.2, 0.25) is 0 Å². The number of nitrogens with zero attached hydrogens (tertiary/aromatic N) is 3. The van der Waals surface area contributed by atoms with E-state index in [1.54, 1.807) is 4.57 Å². The second-order valence-electron chi connectivity index (χ2n) is 6.96. The van der Waals surface area contributed by atoms with Crippen LogP contribution in [0.3, 0.4) is 0 Å². The van der Waals surface area contributed by atoms with Crippen molar-refractivity contribution in [1.82, 2.24) is 8.87 Å². The molecule has 0 fully saturated rings. The number of aryl methyl sites for hydroxylation is 1. The topological polar surface area (TPSA) is 90.2 Å². The lowest BCUT2D eigenvalue weighted by molar-refractivity contribution is 0.0998. The van der Waals surface area contributed by atoms with Crippen molar-refractivity contribution in [2.75, 3.05) is 19.9 Å². The summed E-state index contributed by atoms with van der Waals surface area (Å²) in [6.45, 7) is 7.70. The van der Waals surface area contributed by atoms with E-state index in [1.165, 1.54) is 52.1 Å². The third-order valence-electron chi connectivity index (χ3n) is 4.91. The first-order chi connectivity index (χ1) is 15.3.